The van der Waals surface area contributed by atoms with Crippen LogP contribution < -0.4 is 10.6 Å². The molecule has 0 aliphatic carbocycles. The summed E-state index contributed by atoms with van der Waals surface area (Å²) < 4.78 is 0. The Bertz CT molecular complexity index is 254. The number of carbonyl (C=O) groups excluding carboxylic acids is 1. The SMILES string of the molecule is C[C@H](N)C(=O)N(C)c1cn[nH]c1. The van der Waals surface area contributed by atoms with Gasteiger partial charge in [0.25, 0.3) is 0 Å². The van der Waals surface area contributed by atoms with Gasteiger partial charge in [-0.2, -0.15) is 5.10 Å². The molecule has 3 N–H and O–H groups in total. The number of hydrogen-bond donors (Lipinski definition) is 2. The van der Waals surface area contributed by atoms with E-state index >= 15 is 0 Å². The molecule has 1 heterocycles. The molecule has 0 bridgehead atoms. The topological polar surface area (TPSA) is 75.0 Å². The molecule has 0 spiro atoms. The molecule has 1 rings (SSSR count). The van der Waals surface area contributed by atoms with E-state index in [1.54, 1.807) is 26.4 Å². The van der Waals surface area contributed by atoms with Crippen LogP contribution in [0.1, 0.15) is 6.92 Å². The fourth-order valence-corrected chi connectivity index (χ4v) is 0.860. The zero-order chi connectivity index (χ0) is 9.14. The van der Waals surface area contributed by atoms with Crippen LogP contribution in [0.2, 0.25) is 0 Å². The number of anilines is 1. The quantitative estimate of drug-likeness (QED) is 0.637. The van der Waals surface area contributed by atoms with Crippen LogP contribution in [0.4, 0.5) is 5.69 Å². The zero-order valence-corrected chi connectivity index (χ0v) is 7.11. The van der Waals surface area contributed by atoms with Crippen molar-refractivity contribution < 1.29 is 4.79 Å². The van der Waals surface area contributed by atoms with Crippen LogP contribution in [0.5, 0.6) is 0 Å². The molecule has 5 heteroatoms. The van der Waals surface area contributed by atoms with E-state index in [9.17, 15) is 4.79 Å². The maximum atomic E-state index is 11.3. The number of aromatic amines is 1. The molecule has 0 radical (unpaired) electrons. The first kappa shape index (κ1) is 8.73. The summed E-state index contributed by atoms with van der Waals surface area (Å²) in [4.78, 5) is 12.8. The van der Waals surface area contributed by atoms with Gasteiger partial charge in [0.2, 0.25) is 5.91 Å². The van der Waals surface area contributed by atoms with Crippen molar-refractivity contribution in [2.75, 3.05) is 11.9 Å². The van der Waals surface area contributed by atoms with Crippen LogP contribution in [0.15, 0.2) is 12.4 Å². The number of nitrogens with two attached hydrogens (primary N) is 1. The summed E-state index contributed by atoms with van der Waals surface area (Å²) in [6, 6.07) is -0.482. The molecule has 0 saturated heterocycles. The van der Waals surface area contributed by atoms with Gasteiger partial charge in [-0.15, -0.1) is 0 Å². The first-order valence-electron chi connectivity index (χ1n) is 3.65. The average molecular weight is 168 g/mol. The molecule has 0 aliphatic heterocycles. The van der Waals surface area contributed by atoms with E-state index in [-0.39, 0.29) is 5.91 Å². The van der Waals surface area contributed by atoms with Crippen molar-refractivity contribution in [3.63, 3.8) is 0 Å². The van der Waals surface area contributed by atoms with E-state index in [4.69, 9.17) is 5.73 Å². The fourth-order valence-electron chi connectivity index (χ4n) is 0.860. The smallest absolute Gasteiger partial charge is 0.243 e. The normalized spacial score (nSPS) is 12.6. The Morgan fingerprint density at radius 1 is 1.83 bits per heavy atom. The molecule has 1 aromatic rings. The van der Waals surface area contributed by atoms with Crippen molar-refractivity contribution in [3.8, 4) is 0 Å². The van der Waals surface area contributed by atoms with E-state index in [2.05, 4.69) is 10.2 Å². The molecule has 66 valence electrons. The summed E-state index contributed by atoms with van der Waals surface area (Å²) >= 11 is 0. The summed E-state index contributed by atoms with van der Waals surface area (Å²) in [7, 11) is 1.66. The zero-order valence-electron chi connectivity index (χ0n) is 7.11. The summed E-state index contributed by atoms with van der Waals surface area (Å²) in [5.41, 5.74) is 6.14. The number of amides is 1. The van der Waals surface area contributed by atoms with Gasteiger partial charge < -0.3 is 10.6 Å². The largest absolute Gasteiger partial charge is 0.320 e. The second kappa shape index (κ2) is 3.36. The molecule has 0 unspecified atom stereocenters. The highest BCUT2D eigenvalue weighted by Crippen LogP contribution is 2.08. The van der Waals surface area contributed by atoms with Gasteiger partial charge in [0.15, 0.2) is 0 Å². The highest BCUT2D eigenvalue weighted by molar-refractivity contribution is 5.95. The number of nitrogens with zero attached hydrogens (tertiary/aromatic N) is 2. The van der Waals surface area contributed by atoms with Crippen LogP contribution in [-0.4, -0.2) is 29.2 Å². The van der Waals surface area contributed by atoms with Crippen LogP contribution in [0.3, 0.4) is 0 Å². The second-order valence-corrected chi connectivity index (χ2v) is 2.64. The number of nitrogens with one attached hydrogen (secondary N) is 1. The first-order chi connectivity index (χ1) is 5.63. The monoisotopic (exact) mass is 168 g/mol. The summed E-state index contributed by atoms with van der Waals surface area (Å²) in [5, 5.41) is 6.35. The Morgan fingerprint density at radius 2 is 2.50 bits per heavy atom. The van der Waals surface area contributed by atoms with Crippen molar-refractivity contribution in [1.29, 1.82) is 0 Å². The average Bonchev–Trinajstić information content (AvgIpc) is 2.53. The lowest BCUT2D eigenvalue weighted by atomic mass is 10.3. The van der Waals surface area contributed by atoms with Gasteiger partial charge in [-0.05, 0) is 6.92 Å². The predicted octanol–water partition coefficient (Wildman–Crippen LogP) is -0.280. The molecular weight excluding hydrogens is 156 g/mol. The Morgan fingerprint density at radius 3 is 2.92 bits per heavy atom. The van der Waals surface area contributed by atoms with E-state index in [1.807, 2.05) is 0 Å². The standard InChI is InChI=1S/C7H12N4O/c1-5(8)7(12)11(2)6-3-9-10-4-6/h3-5H,8H2,1-2H3,(H,9,10)/t5-/m0/s1. The lowest BCUT2D eigenvalue weighted by Gasteiger charge is -2.16. The molecule has 0 aliphatic rings. The van der Waals surface area contributed by atoms with Crippen molar-refractivity contribution >= 4 is 11.6 Å². The van der Waals surface area contributed by atoms with Gasteiger partial charge in [0.05, 0.1) is 17.9 Å². The molecule has 1 amide bonds. The molecule has 12 heavy (non-hydrogen) atoms. The lowest BCUT2D eigenvalue weighted by Crippen LogP contribution is -2.39. The van der Waals surface area contributed by atoms with E-state index in [1.165, 1.54) is 4.90 Å². The predicted molar refractivity (Wildman–Crippen MR) is 45.6 cm³/mol. The van der Waals surface area contributed by atoms with E-state index in [0.29, 0.717) is 0 Å². The number of aromatic nitrogens is 2. The maximum Gasteiger partial charge on any atom is 0.243 e. The third-order valence-corrected chi connectivity index (χ3v) is 1.59. The van der Waals surface area contributed by atoms with Crippen LogP contribution in [0.25, 0.3) is 0 Å². The van der Waals surface area contributed by atoms with E-state index in [0.717, 1.165) is 5.69 Å². The van der Waals surface area contributed by atoms with Crippen molar-refractivity contribution in [2.45, 2.75) is 13.0 Å². The van der Waals surface area contributed by atoms with Gasteiger partial charge in [-0.25, -0.2) is 0 Å². The minimum atomic E-state index is -0.482. The molecule has 1 aromatic heterocycles. The van der Waals surface area contributed by atoms with Crippen LogP contribution in [0, 0.1) is 0 Å². The Hall–Kier alpha value is -1.36. The second-order valence-electron chi connectivity index (χ2n) is 2.64. The van der Waals surface area contributed by atoms with Crippen LogP contribution >= 0.6 is 0 Å². The number of rotatable bonds is 2. The maximum absolute atomic E-state index is 11.3. The number of hydrogen-bond acceptors (Lipinski definition) is 3. The lowest BCUT2D eigenvalue weighted by molar-refractivity contribution is -0.119. The summed E-state index contributed by atoms with van der Waals surface area (Å²) in [5.74, 6) is -0.128. The fraction of sp³-hybridized carbons (Fsp3) is 0.429. The molecule has 0 aromatic carbocycles. The number of H-pyrrole nitrogens is 1. The highest BCUT2D eigenvalue weighted by atomic mass is 16.2. The van der Waals surface area contributed by atoms with Gasteiger partial charge >= 0.3 is 0 Å². The van der Waals surface area contributed by atoms with Crippen molar-refractivity contribution in [3.05, 3.63) is 12.4 Å². The molecule has 0 fully saturated rings. The van der Waals surface area contributed by atoms with Gasteiger partial charge in [0.1, 0.15) is 0 Å². The van der Waals surface area contributed by atoms with Gasteiger partial charge in [-0.1, -0.05) is 0 Å². The Labute approximate surface area is 70.5 Å². The Balaban J connectivity index is 2.72. The molecule has 0 saturated carbocycles. The minimum absolute atomic E-state index is 0.128. The highest BCUT2D eigenvalue weighted by Gasteiger charge is 2.14. The summed E-state index contributed by atoms with van der Waals surface area (Å²) in [6.07, 6.45) is 3.21. The number of carbonyl (C=O) groups is 1. The third kappa shape index (κ3) is 1.62. The molecule has 1 atom stereocenters. The third-order valence-electron chi connectivity index (χ3n) is 1.59. The van der Waals surface area contributed by atoms with Crippen LogP contribution in [-0.2, 0) is 4.79 Å². The van der Waals surface area contributed by atoms with Gasteiger partial charge in [-0.3, -0.25) is 9.89 Å². The van der Waals surface area contributed by atoms with E-state index < -0.39 is 6.04 Å². The first-order valence-corrected chi connectivity index (χ1v) is 3.65. The minimum Gasteiger partial charge on any atom is -0.320 e. The number of likely N-dealkylation sites (N-methyl/N-ethyl adjacent to an activating group) is 1. The van der Waals surface area contributed by atoms with Crippen molar-refractivity contribution in [1.82, 2.24) is 10.2 Å². The van der Waals surface area contributed by atoms with Gasteiger partial charge in [0, 0.05) is 13.2 Å². The van der Waals surface area contributed by atoms with Crippen molar-refractivity contribution in [2.24, 2.45) is 5.73 Å². The molecular formula is C7H12N4O. The Kier molecular flexibility index (Phi) is 2.44. The summed E-state index contributed by atoms with van der Waals surface area (Å²) in [6.45, 7) is 1.65. The molecule has 5 nitrogen and oxygen atoms in total.